The van der Waals surface area contributed by atoms with Gasteiger partial charge in [0.25, 0.3) is 5.91 Å². The number of carbonyl (C=O) groups excluding carboxylic acids is 1. The fourth-order valence-corrected chi connectivity index (χ4v) is 5.37. The van der Waals surface area contributed by atoms with Crippen molar-refractivity contribution in [3.8, 4) is 11.5 Å². The van der Waals surface area contributed by atoms with Crippen molar-refractivity contribution in [1.82, 2.24) is 0 Å². The molecule has 0 aliphatic carbocycles. The van der Waals surface area contributed by atoms with Crippen LogP contribution >= 0.6 is 35.6 Å². The van der Waals surface area contributed by atoms with Crippen LogP contribution in [-0.4, -0.2) is 16.8 Å². The molecule has 1 aliphatic rings. The van der Waals surface area contributed by atoms with Gasteiger partial charge in [-0.1, -0.05) is 59.9 Å². The maximum atomic E-state index is 13.4. The number of amides is 1. The monoisotopic (exact) mass is 549 g/mol. The number of thiocarbonyl (C=S) groups is 1. The Kier molecular flexibility index (Phi) is 8.75. The Morgan fingerprint density at radius 1 is 1.05 bits per heavy atom. The third-order valence-corrected chi connectivity index (χ3v) is 7.51. The van der Waals surface area contributed by atoms with Crippen LogP contribution < -0.4 is 14.4 Å². The van der Waals surface area contributed by atoms with Crippen LogP contribution in [0.25, 0.3) is 6.08 Å². The second kappa shape index (κ2) is 12.0. The van der Waals surface area contributed by atoms with Gasteiger partial charge in [0, 0.05) is 10.6 Å². The van der Waals surface area contributed by atoms with Crippen molar-refractivity contribution in [1.29, 1.82) is 0 Å². The fourth-order valence-electron chi connectivity index (χ4n) is 3.94. The van der Waals surface area contributed by atoms with Gasteiger partial charge in [-0.05, 0) is 91.9 Å². The second-order valence-corrected chi connectivity index (χ2v) is 10.7. The van der Waals surface area contributed by atoms with Crippen molar-refractivity contribution in [3.63, 3.8) is 0 Å². The molecule has 3 aromatic carbocycles. The molecule has 1 heterocycles. The number of hydrogen-bond acceptors (Lipinski definition) is 5. The van der Waals surface area contributed by atoms with Gasteiger partial charge in [0.15, 0.2) is 15.8 Å². The average molecular weight is 550 g/mol. The number of rotatable bonds is 9. The summed E-state index contributed by atoms with van der Waals surface area (Å²) in [6, 6.07) is 17.4. The SMILES string of the molecule is C=CCc1cc(/C=C2\SC(=S)N(c3ccc(C)c(C)c3)C2=O)cc(OCC)c1OCc1ccc(Cl)cc1. The Morgan fingerprint density at radius 3 is 2.49 bits per heavy atom. The van der Waals surface area contributed by atoms with Crippen LogP contribution in [-0.2, 0) is 17.8 Å². The second-order valence-electron chi connectivity index (χ2n) is 8.63. The molecule has 0 spiro atoms. The first-order valence-electron chi connectivity index (χ1n) is 11.9. The van der Waals surface area contributed by atoms with Crippen LogP contribution in [0.3, 0.4) is 0 Å². The van der Waals surface area contributed by atoms with E-state index in [9.17, 15) is 4.79 Å². The van der Waals surface area contributed by atoms with Gasteiger partial charge in [-0.15, -0.1) is 6.58 Å². The smallest absolute Gasteiger partial charge is 0.270 e. The van der Waals surface area contributed by atoms with E-state index in [-0.39, 0.29) is 5.91 Å². The summed E-state index contributed by atoms with van der Waals surface area (Å²) in [6.07, 6.45) is 4.27. The van der Waals surface area contributed by atoms with Crippen LogP contribution in [0, 0.1) is 13.8 Å². The van der Waals surface area contributed by atoms with E-state index < -0.39 is 0 Å². The number of hydrogen-bond donors (Lipinski definition) is 0. The van der Waals surface area contributed by atoms with Gasteiger partial charge in [-0.2, -0.15) is 0 Å². The molecule has 3 aromatic rings. The number of halogens is 1. The van der Waals surface area contributed by atoms with Crippen LogP contribution in [0.2, 0.25) is 5.02 Å². The minimum absolute atomic E-state index is 0.135. The summed E-state index contributed by atoms with van der Waals surface area (Å²) in [4.78, 5) is 15.5. The van der Waals surface area contributed by atoms with Crippen molar-refractivity contribution in [2.45, 2.75) is 33.8 Å². The molecular formula is C30H28ClNO3S2. The molecule has 1 aliphatic heterocycles. The number of thioether (sulfide) groups is 1. The molecule has 190 valence electrons. The molecule has 4 nitrogen and oxygen atoms in total. The summed E-state index contributed by atoms with van der Waals surface area (Å²) in [5.41, 5.74) is 5.81. The van der Waals surface area contributed by atoms with Gasteiger partial charge in [0.05, 0.1) is 17.2 Å². The third kappa shape index (κ3) is 6.27. The van der Waals surface area contributed by atoms with E-state index in [1.165, 1.54) is 17.3 Å². The average Bonchev–Trinajstić information content (AvgIpc) is 3.14. The van der Waals surface area contributed by atoms with Crippen LogP contribution in [0.5, 0.6) is 11.5 Å². The normalized spacial score (nSPS) is 14.4. The van der Waals surface area contributed by atoms with Gasteiger partial charge >= 0.3 is 0 Å². The largest absolute Gasteiger partial charge is 0.490 e. The van der Waals surface area contributed by atoms with E-state index in [4.69, 9.17) is 33.3 Å². The number of benzene rings is 3. The summed E-state index contributed by atoms with van der Waals surface area (Å²) in [5.74, 6) is 1.15. The lowest BCUT2D eigenvalue weighted by atomic mass is 10.0. The molecular weight excluding hydrogens is 522 g/mol. The minimum Gasteiger partial charge on any atom is -0.490 e. The number of anilines is 1. The number of ether oxygens (including phenoxy) is 2. The number of allylic oxidation sites excluding steroid dienone is 1. The highest BCUT2D eigenvalue weighted by atomic mass is 35.5. The first kappa shape index (κ1) is 27.0. The van der Waals surface area contributed by atoms with Crippen molar-refractivity contribution in [2.24, 2.45) is 0 Å². The predicted octanol–water partition coefficient (Wildman–Crippen LogP) is 8.07. The number of carbonyl (C=O) groups is 1. The van der Waals surface area contributed by atoms with E-state index in [1.54, 1.807) is 4.90 Å². The lowest BCUT2D eigenvalue weighted by Gasteiger charge is -2.17. The molecule has 0 saturated carbocycles. The molecule has 0 N–H and O–H groups in total. The quantitative estimate of drug-likeness (QED) is 0.153. The molecule has 4 rings (SSSR count). The first-order chi connectivity index (χ1) is 17.8. The van der Waals surface area contributed by atoms with Gasteiger partial charge in [0.2, 0.25) is 0 Å². The lowest BCUT2D eigenvalue weighted by molar-refractivity contribution is -0.113. The summed E-state index contributed by atoms with van der Waals surface area (Å²) in [7, 11) is 0. The zero-order chi connectivity index (χ0) is 26.5. The molecule has 7 heteroatoms. The van der Waals surface area contributed by atoms with E-state index in [2.05, 4.69) is 6.58 Å². The molecule has 0 aromatic heterocycles. The molecule has 1 amide bonds. The molecule has 0 atom stereocenters. The Labute approximate surface area is 232 Å². The van der Waals surface area contributed by atoms with Gasteiger partial charge < -0.3 is 9.47 Å². The first-order valence-corrected chi connectivity index (χ1v) is 13.5. The van der Waals surface area contributed by atoms with Crippen molar-refractivity contribution in [2.75, 3.05) is 11.5 Å². The molecule has 1 saturated heterocycles. The molecule has 0 radical (unpaired) electrons. The zero-order valence-electron chi connectivity index (χ0n) is 21.0. The van der Waals surface area contributed by atoms with Crippen LogP contribution in [0.4, 0.5) is 5.69 Å². The van der Waals surface area contributed by atoms with E-state index in [1.807, 2.05) is 87.5 Å². The maximum Gasteiger partial charge on any atom is 0.270 e. The van der Waals surface area contributed by atoms with Crippen LogP contribution in [0.1, 0.15) is 34.7 Å². The van der Waals surface area contributed by atoms with Gasteiger partial charge in [-0.3, -0.25) is 9.69 Å². The molecule has 37 heavy (non-hydrogen) atoms. The highest BCUT2D eigenvalue weighted by Gasteiger charge is 2.33. The highest BCUT2D eigenvalue weighted by molar-refractivity contribution is 8.27. The Bertz CT molecular complexity index is 1380. The number of nitrogens with zero attached hydrogens (tertiary/aromatic N) is 1. The Balaban J connectivity index is 1.66. The number of aryl methyl sites for hydroxylation is 2. The van der Waals surface area contributed by atoms with Crippen LogP contribution in [0.15, 0.2) is 72.2 Å². The Hall–Kier alpha value is -3.06. The fraction of sp³-hybridized carbons (Fsp3) is 0.200. The summed E-state index contributed by atoms with van der Waals surface area (Å²) in [6.45, 7) is 10.7. The van der Waals surface area contributed by atoms with E-state index in [0.717, 1.165) is 27.9 Å². The van der Waals surface area contributed by atoms with Crippen molar-refractivity contribution in [3.05, 3.63) is 105 Å². The lowest BCUT2D eigenvalue weighted by Crippen LogP contribution is -2.27. The van der Waals surface area contributed by atoms with Gasteiger partial charge in [0.1, 0.15) is 6.61 Å². The summed E-state index contributed by atoms with van der Waals surface area (Å²) in [5, 5.41) is 0.679. The highest BCUT2D eigenvalue weighted by Crippen LogP contribution is 2.39. The zero-order valence-corrected chi connectivity index (χ0v) is 23.4. The predicted molar refractivity (Wildman–Crippen MR) is 159 cm³/mol. The Morgan fingerprint density at radius 2 is 1.81 bits per heavy atom. The van der Waals surface area contributed by atoms with E-state index >= 15 is 0 Å². The minimum atomic E-state index is -0.135. The molecule has 1 fully saturated rings. The van der Waals surface area contributed by atoms with Crippen molar-refractivity contribution < 1.29 is 14.3 Å². The van der Waals surface area contributed by atoms with Gasteiger partial charge in [-0.25, -0.2) is 0 Å². The third-order valence-electron chi connectivity index (χ3n) is 5.95. The topological polar surface area (TPSA) is 38.8 Å². The standard InChI is InChI=1S/C30H28ClNO3S2/c1-5-7-23-15-22(16-26(34-6-2)28(23)35-18-21-9-11-24(31)12-10-21)17-27-29(33)32(30(36)37-27)25-13-8-19(3)20(4)14-25/h5,8-17H,1,6-7,18H2,2-4H3/b27-17-. The summed E-state index contributed by atoms with van der Waals surface area (Å²) < 4.78 is 12.7. The molecule has 0 bridgehead atoms. The summed E-state index contributed by atoms with van der Waals surface area (Å²) >= 11 is 12.9. The molecule has 0 unspecified atom stereocenters. The maximum absolute atomic E-state index is 13.4. The van der Waals surface area contributed by atoms with Crippen molar-refractivity contribution >= 4 is 57.6 Å². The van der Waals surface area contributed by atoms with E-state index in [0.29, 0.717) is 45.4 Å².